The van der Waals surface area contributed by atoms with Gasteiger partial charge in [0.15, 0.2) is 0 Å². The molecule has 1 unspecified atom stereocenters. The number of hydrogen-bond acceptors (Lipinski definition) is 1. The molecule has 5 heteroatoms. The predicted octanol–water partition coefficient (Wildman–Crippen LogP) is 0.748. The van der Waals surface area contributed by atoms with Gasteiger partial charge in [-0.05, 0) is 22.9 Å². The molecule has 1 nitrogen and oxygen atoms in total. The fourth-order valence-electron chi connectivity index (χ4n) is 4.90. The Hall–Kier alpha value is -1.25. The number of hydrogen-bond donors (Lipinski definition) is 0. The van der Waals surface area contributed by atoms with E-state index in [2.05, 4.69) is 97.8 Å². The van der Waals surface area contributed by atoms with E-state index in [4.69, 9.17) is 0 Å². The number of aliphatic imine (C=N–C) groups is 1. The zero-order valence-corrected chi connectivity index (χ0v) is 22.9. The first kappa shape index (κ1) is 24.4. The third-order valence-electron chi connectivity index (χ3n) is 6.38. The molecule has 2 aromatic carbocycles. The number of benzene rings is 2. The molecule has 0 radical (unpaired) electrons. The van der Waals surface area contributed by atoms with Gasteiger partial charge in [0.1, 0.15) is 8.07 Å². The summed E-state index contributed by atoms with van der Waals surface area (Å²) in [7, 11) is -1.19. The summed E-state index contributed by atoms with van der Waals surface area (Å²) in [4.78, 5) is 4.67. The zero-order valence-electron chi connectivity index (χ0n) is 17.9. The zero-order chi connectivity index (χ0) is 20.2. The van der Waals surface area contributed by atoms with Crippen molar-refractivity contribution in [1.82, 2.24) is 0 Å². The predicted molar refractivity (Wildman–Crippen MR) is 122 cm³/mol. The molecule has 2 heterocycles. The van der Waals surface area contributed by atoms with E-state index in [1.54, 1.807) is 35.1 Å². The van der Waals surface area contributed by atoms with Crippen molar-refractivity contribution >= 4 is 19.9 Å². The van der Waals surface area contributed by atoms with Crippen LogP contribution in [0.4, 0.5) is 0 Å². The fourth-order valence-corrected chi connectivity index (χ4v) is 9.05. The van der Waals surface area contributed by atoms with Crippen LogP contribution in [0.25, 0.3) is 17.2 Å². The summed E-state index contributed by atoms with van der Waals surface area (Å²) in [5.41, 5.74) is 9.69. The average molecular weight is 541 g/mol. The Morgan fingerprint density at radius 3 is 2.42 bits per heavy atom. The van der Waals surface area contributed by atoms with Crippen LogP contribution in [-0.4, -0.2) is 13.8 Å². The van der Waals surface area contributed by atoms with Gasteiger partial charge in [-0.2, -0.15) is 0 Å². The number of halogens is 2. The van der Waals surface area contributed by atoms with E-state index in [9.17, 15) is 0 Å². The molecule has 0 aromatic heterocycles. The van der Waals surface area contributed by atoms with Crippen LogP contribution in [0.15, 0.2) is 93.4 Å². The number of allylic oxidation sites excluding steroid dienone is 5. The summed E-state index contributed by atoms with van der Waals surface area (Å²) >= 11 is 1.57. The molecule has 4 aliphatic rings. The van der Waals surface area contributed by atoms with E-state index >= 15 is 0 Å². The number of rotatable bonds is 2. The second-order valence-electron chi connectivity index (χ2n) is 8.43. The van der Waals surface area contributed by atoms with E-state index in [0.717, 1.165) is 6.42 Å². The van der Waals surface area contributed by atoms with Crippen molar-refractivity contribution in [3.8, 4) is 11.1 Å². The molecular formula is C26H24Cl2NSiZr. The first-order valence-electron chi connectivity index (χ1n) is 10.4. The molecule has 31 heavy (non-hydrogen) atoms. The van der Waals surface area contributed by atoms with Gasteiger partial charge < -0.3 is 24.8 Å². The van der Waals surface area contributed by atoms with Gasteiger partial charge in [0, 0.05) is 11.3 Å². The summed E-state index contributed by atoms with van der Waals surface area (Å²) in [6, 6.07) is 17.3. The van der Waals surface area contributed by atoms with Crippen LogP contribution in [0.1, 0.15) is 28.1 Å². The standard InChI is InChI=1S/C15H11.C11H13NSi.2ClH.Zr/c1-2-6-12(7-3-1)14-10-4-8-13-9-5-11-15(13)14;1-4-7-11-10-8(12-7)5-6-9(10)13(11,2)3;;;/h1-11H;5-6H,4H2,1-3H3;2*1H;/q;;;;+2/p-2. The summed E-state index contributed by atoms with van der Waals surface area (Å²) in [5.74, 6) is 0. The summed E-state index contributed by atoms with van der Waals surface area (Å²) < 4.78 is 0.644. The van der Waals surface area contributed by atoms with Crippen molar-refractivity contribution in [2.24, 2.45) is 4.99 Å². The fraction of sp³-hybridized carbons (Fsp3) is 0.192. The average Bonchev–Trinajstić information content (AvgIpc) is 3.39. The molecule has 0 N–H and O–H groups in total. The molecule has 0 spiro atoms. The van der Waals surface area contributed by atoms with Crippen molar-refractivity contribution in [2.75, 3.05) is 0 Å². The van der Waals surface area contributed by atoms with Gasteiger partial charge in [-0.1, -0.05) is 26.1 Å². The molecule has 0 saturated heterocycles. The molecule has 2 aromatic rings. The van der Waals surface area contributed by atoms with Crippen molar-refractivity contribution in [3.63, 3.8) is 0 Å². The van der Waals surface area contributed by atoms with Crippen molar-refractivity contribution < 1.29 is 49.5 Å². The van der Waals surface area contributed by atoms with Gasteiger partial charge in [-0.15, -0.1) is 0 Å². The molecule has 0 amide bonds. The Kier molecular flexibility index (Phi) is 7.33. The SMILES string of the molecule is CCC1=NC2=CC=C3C2=C1[Si]3(C)C.[Cl-].[Cl-].[Zr+2][CH]1C=Cc2c(-c3ccccc3)cccc21. The van der Waals surface area contributed by atoms with E-state index in [0.29, 0.717) is 3.63 Å². The normalized spacial score (nSPS) is 20.2. The maximum atomic E-state index is 4.67. The van der Waals surface area contributed by atoms with Gasteiger partial charge in [0.2, 0.25) is 0 Å². The second-order valence-corrected chi connectivity index (χ2v) is 14.2. The Bertz CT molecular complexity index is 1170. The van der Waals surface area contributed by atoms with E-state index in [-0.39, 0.29) is 24.8 Å². The molecule has 0 bridgehead atoms. The number of fused-ring (bicyclic) bond motifs is 1. The van der Waals surface area contributed by atoms with Crippen molar-refractivity contribution in [1.29, 1.82) is 0 Å². The van der Waals surface area contributed by atoms with Crippen LogP contribution < -0.4 is 24.8 Å². The molecule has 155 valence electrons. The first-order valence-corrected chi connectivity index (χ1v) is 14.8. The molecule has 2 aliphatic carbocycles. The maximum absolute atomic E-state index is 4.67. The Balaban J connectivity index is 0.000000168. The minimum atomic E-state index is -1.19. The molecule has 2 aliphatic heterocycles. The monoisotopic (exact) mass is 538 g/mol. The van der Waals surface area contributed by atoms with Crippen molar-refractivity contribution in [2.45, 2.75) is 30.1 Å². The molecular weight excluding hydrogens is 517 g/mol. The molecule has 6 rings (SSSR count). The minimum absolute atomic E-state index is 0. The van der Waals surface area contributed by atoms with Gasteiger partial charge in [-0.3, -0.25) is 4.99 Å². The Labute approximate surface area is 213 Å². The molecule has 0 fully saturated rings. The quantitative estimate of drug-likeness (QED) is 0.499. The summed E-state index contributed by atoms with van der Waals surface area (Å²) in [6.45, 7) is 7.08. The second kappa shape index (κ2) is 9.32. The Morgan fingerprint density at radius 1 is 0.968 bits per heavy atom. The van der Waals surface area contributed by atoms with E-state index in [1.807, 2.05) is 0 Å². The van der Waals surface area contributed by atoms with Gasteiger partial charge >= 0.3 is 111 Å². The van der Waals surface area contributed by atoms with Gasteiger partial charge in [0.25, 0.3) is 0 Å². The van der Waals surface area contributed by atoms with Crippen LogP contribution in [0, 0.1) is 0 Å². The van der Waals surface area contributed by atoms with Crippen LogP contribution in [0.2, 0.25) is 13.1 Å². The third-order valence-corrected chi connectivity index (χ3v) is 11.2. The first-order chi connectivity index (χ1) is 14.0. The van der Waals surface area contributed by atoms with Gasteiger partial charge in [0.05, 0.1) is 5.70 Å². The molecule has 0 saturated carbocycles. The summed E-state index contributed by atoms with van der Waals surface area (Å²) in [5, 5.41) is 3.27. The summed E-state index contributed by atoms with van der Waals surface area (Å²) in [6.07, 6.45) is 10.2. The molecule has 1 atom stereocenters. The topological polar surface area (TPSA) is 12.4 Å². The van der Waals surface area contributed by atoms with Crippen LogP contribution in [0.5, 0.6) is 0 Å². The van der Waals surface area contributed by atoms with Crippen LogP contribution >= 0.6 is 0 Å². The number of nitrogens with zero attached hydrogens (tertiary/aromatic N) is 1. The van der Waals surface area contributed by atoms with E-state index in [1.165, 1.54) is 39.2 Å². The third kappa shape index (κ3) is 3.89. The van der Waals surface area contributed by atoms with Gasteiger partial charge in [-0.25, -0.2) is 0 Å². The van der Waals surface area contributed by atoms with Crippen LogP contribution in [-0.2, 0) is 24.7 Å². The Morgan fingerprint density at radius 2 is 1.71 bits per heavy atom. The van der Waals surface area contributed by atoms with Crippen molar-refractivity contribution in [3.05, 3.63) is 99.5 Å². The van der Waals surface area contributed by atoms with Crippen LogP contribution in [0.3, 0.4) is 0 Å². The van der Waals surface area contributed by atoms with E-state index < -0.39 is 8.07 Å².